The second kappa shape index (κ2) is 12.5. The van der Waals surface area contributed by atoms with Crippen LogP contribution in [0.3, 0.4) is 0 Å². The average Bonchev–Trinajstić information content (AvgIpc) is 2.78. The van der Waals surface area contributed by atoms with Crippen LogP contribution in [0.25, 0.3) is 0 Å². The van der Waals surface area contributed by atoms with Gasteiger partial charge in [-0.05, 0) is 57.8 Å². The Morgan fingerprint density at radius 3 is 2.63 bits per heavy atom. The van der Waals surface area contributed by atoms with E-state index in [-0.39, 0.29) is 12.0 Å². The summed E-state index contributed by atoms with van der Waals surface area (Å²) in [7, 11) is 0. The van der Waals surface area contributed by atoms with Crippen molar-refractivity contribution in [2.75, 3.05) is 52.5 Å². The van der Waals surface area contributed by atoms with Gasteiger partial charge in [-0.25, -0.2) is 0 Å². The summed E-state index contributed by atoms with van der Waals surface area (Å²) in [6, 6.07) is 0. The number of guanidine groups is 1. The highest BCUT2D eigenvalue weighted by Gasteiger charge is 2.24. The number of amides is 1. The van der Waals surface area contributed by atoms with Crippen LogP contribution in [-0.2, 0) is 14.3 Å². The third-order valence-corrected chi connectivity index (χ3v) is 6.47. The summed E-state index contributed by atoms with van der Waals surface area (Å²) in [4.78, 5) is 21.6. The molecule has 3 rings (SSSR count). The van der Waals surface area contributed by atoms with Gasteiger partial charge in [0.15, 0.2) is 5.96 Å². The van der Waals surface area contributed by atoms with E-state index in [1.54, 1.807) is 0 Å². The number of aliphatic imine (C=N–C) groups is 1. The Bertz CT molecular complexity index is 543. The zero-order valence-corrected chi connectivity index (χ0v) is 19.1. The molecule has 3 aliphatic rings. The maximum Gasteiger partial charge on any atom is 0.224 e. The molecule has 0 aromatic heterocycles. The number of nitrogens with zero attached hydrogens (tertiary/aromatic N) is 3. The molecule has 3 aliphatic heterocycles. The van der Waals surface area contributed by atoms with E-state index in [2.05, 4.69) is 24.1 Å². The molecule has 172 valence electrons. The molecule has 3 heterocycles. The van der Waals surface area contributed by atoms with Crippen LogP contribution >= 0.6 is 0 Å². The molecule has 3 fully saturated rings. The van der Waals surface area contributed by atoms with E-state index >= 15 is 0 Å². The van der Waals surface area contributed by atoms with Gasteiger partial charge in [0, 0.05) is 45.8 Å². The number of piperidine rings is 2. The largest absolute Gasteiger partial charge is 0.376 e. The van der Waals surface area contributed by atoms with E-state index in [4.69, 9.17) is 14.5 Å². The molecule has 1 N–H and O–H groups in total. The molecule has 0 spiro atoms. The zero-order chi connectivity index (χ0) is 21.2. The first-order valence-corrected chi connectivity index (χ1v) is 12.2. The minimum absolute atomic E-state index is 0.248. The molecule has 0 aromatic rings. The number of ether oxygens (including phenoxy) is 2. The Balaban J connectivity index is 1.39. The Morgan fingerprint density at radius 1 is 1.10 bits per heavy atom. The van der Waals surface area contributed by atoms with Crippen LogP contribution in [0.2, 0.25) is 0 Å². The molecular formula is C23H42N4O3. The molecular weight excluding hydrogens is 380 g/mol. The average molecular weight is 423 g/mol. The lowest BCUT2D eigenvalue weighted by Crippen LogP contribution is -2.47. The third kappa shape index (κ3) is 7.41. The molecule has 3 saturated heterocycles. The van der Waals surface area contributed by atoms with Crippen molar-refractivity contribution >= 4 is 11.9 Å². The van der Waals surface area contributed by atoms with Gasteiger partial charge >= 0.3 is 0 Å². The van der Waals surface area contributed by atoms with Crippen molar-refractivity contribution in [1.82, 2.24) is 15.1 Å². The van der Waals surface area contributed by atoms with Crippen molar-refractivity contribution in [1.29, 1.82) is 0 Å². The smallest absolute Gasteiger partial charge is 0.224 e. The van der Waals surface area contributed by atoms with Crippen LogP contribution in [0.15, 0.2) is 4.99 Å². The lowest BCUT2D eigenvalue weighted by molar-refractivity contribution is -0.132. The highest BCUT2D eigenvalue weighted by molar-refractivity contribution is 5.81. The molecule has 0 radical (unpaired) electrons. The summed E-state index contributed by atoms with van der Waals surface area (Å²) < 4.78 is 11.9. The fraction of sp³-hybridized carbons (Fsp3) is 0.913. The van der Waals surface area contributed by atoms with Gasteiger partial charge in [0.05, 0.1) is 25.4 Å². The first-order chi connectivity index (χ1) is 14.7. The monoisotopic (exact) mass is 422 g/mol. The second-order valence-electron chi connectivity index (χ2n) is 9.08. The summed E-state index contributed by atoms with van der Waals surface area (Å²) >= 11 is 0. The number of rotatable bonds is 7. The van der Waals surface area contributed by atoms with Gasteiger partial charge in [0.25, 0.3) is 0 Å². The van der Waals surface area contributed by atoms with E-state index in [0.29, 0.717) is 25.0 Å². The number of hydrogen-bond donors (Lipinski definition) is 1. The highest BCUT2D eigenvalue weighted by atomic mass is 16.5. The Kier molecular flexibility index (Phi) is 9.72. The number of hydrogen-bond acceptors (Lipinski definition) is 4. The summed E-state index contributed by atoms with van der Waals surface area (Å²) in [5.74, 6) is 1.81. The first kappa shape index (κ1) is 23.3. The number of carbonyl (C=O) groups excluding carboxylic acids is 1. The van der Waals surface area contributed by atoms with Gasteiger partial charge in [-0.2, -0.15) is 0 Å². The van der Waals surface area contributed by atoms with Gasteiger partial charge in [-0.15, -0.1) is 0 Å². The minimum atomic E-state index is 0.248. The van der Waals surface area contributed by atoms with Gasteiger partial charge in [0.2, 0.25) is 5.91 Å². The molecule has 7 nitrogen and oxygen atoms in total. The second-order valence-corrected chi connectivity index (χ2v) is 9.08. The van der Waals surface area contributed by atoms with Crippen LogP contribution in [0.1, 0.15) is 65.2 Å². The minimum Gasteiger partial charge on any atom is -0.376 e. The van der Waals surface area contributed by atoms with E-state index < -0.39 is 0 Å². The van der Waals surface area contributed by atoms with E-state index in [1.807, 2.05) is 4.90 Å². The van der Waals surface area contributed by atoms with Crippen LogP contribution in [0.4, 0.5) is 0 Å². The quantitative estimate of drug-likeness (QED) is 0.505. The van der Waals surface area contributed by atoms with E-state index in [0.717, 1.165) is 77.6 Å². The first-order valence-electron chi connectivity index (χ1n) is 12.2. The predicted octanol–water partition coefficient (Wildman–Crippen LogP) is 2.65. The fourth-order valence-electron chi connectivity index (χ4n) is 4.67. The molecule has 0 aromatic carbocycles. The van der Waals surface area contributed by atoms with Crippen molar-refractivity contribution in [2.45, 2.75) is 77.4 Å². The van der Waals surface area contributed by atoms with Crippen molar-refractivity contribution in [3.63, 3.8) is 0 Å². The van der Waals surface area contributed by atoms with Crippen LogP contribution < -0.4 is 5.32 Å². The number of nitrogens with one attached hydrogen (secondary N) is 1. The highest BCUT2D eigenvalue weighted by Crippen LogP contribution is 2.18. The van der Waals surface area contributed by atoms with Gasteiger partial charge in [-0.1, -0.05) is 6.92 Å². The normalized spacial score (nSPS) is 26.7. The van der Waals surface area contributed by atoms with Gasteiger partial charge in [0.1, 0.15) is 0 Å². The number of carbonyl (C=O) groups is 1. The molecule has 2 unspecified atom stereocenters. The molecule has 0 aliphatic carbocycles. The Labute approximate surface area is 182 Å². The van der Waals surface area contributed by atoms with Crippen molar-refractivity contribution < 1.29 is 14.3 Å². The van der Waals surface area contributed by atoms with Crippen molar-refractivity contribution in [3.05, 3.63) is 0 Å². The van der Waals surface area contributed by atoms with Crippen molar-refractivity contribution in [3.8, 4) is 0 Å². The Morgan fingerprint density at radius 2 is 1.93 bits per heavy atom. The van der Waals surface area contributed by atoms with Gasteiger partial charge in [-0.3, -0.25) is 9.79 Å². The van der Waals surface area contributed by atoms with Crippen molar-refractivity contribution in [2.24, 2.45) is 10.9 Å². The lowest BCUT2D eigenvalue weighted by atomic mass is 10.00. The SMILES string of the molecule is CCNC(=NCCC(=O)N1CCCC(C)C1)N1CCC(OCC2CCCCO2)CC1. The molecule has 2 atom stereocenters. The summed E-state index contributed by atoms with van der Waals surface area (Å²) in [6.45, 7) is 11.0. The zero-order valence-electron chi connectivity index (χ0n) is 19.1. The Hall–Kier alpha value is -1.34. The molecule has 0 bridgehead atoms. The molecule has 30 heavy (non-hydrogen) atoms. The van der Waals surface area contributed by atoms with Crippen LogP contribution in [-0.4, -0.2) is 86.4 Å². The summed E-state index contributed by atoms with van der Waals surface area (Å²) in [6.07, 6.45) is 9.08. The topological polar surface area (TPSA) is 66.4 Å². The lowest BCUT2D eigenvalue weighted by Gasteiger charge is -2.35. The van der Waals surface area contributed by atoms with Crippen LogP contribution in [0.5, 0.6) is 0 Å². The molecule has 1 amide bonds. The number of likely N-dealkylation sites (tertiary alicyclic amines) is 2. The standard InChI is InChI=1S/C23H42N4O3/c1-3-24-23(25-12-9-22(28)27-13-6-7-19(2)17-27)26-14-10-20(11-15-26)30-18-21-8-4-5-16-29-21/h19-21H,3-18H2,1-2H3,(H,24,25). The maximum absolute atomic E-state index is 12.5. The van der Waals surface area contributed by atoms with Gasteiger partial charge < -0.3 is 24.6 Å². The maximum atomic E-state index is 12.5. The summed E-state index contributed by atoms with van der Waals surface area (Å²) in [5, 5.41) is 3.40. The summed E-state index contributed by atoms with van der Waals surface area (Å²) in [5.41, 5.74) is 0. The molecule has 0 saturated carbocycles. The predicted molar refractivity (Wildman–Crippen MR) is 120 cm³/mol. The third-order valence-electron chi connectivity index (χ3n) is 6.47. The van der Waals surface area contributed by atoms with Crippen LogP contribution in [0, 0.1) is 5.92 Å². The fourth-order valence-corrected chi connectivity index (χ4v) is 4.67. The van der Waals surface area contributed by atoms with E-state index in [1.165, 1.54) is 19.3 Å². The van der Waals surface area contributed by atoms with E-state index in [9.17, 15) is 4.79 Å². The molecule has 7 heteroatoms.